The Bertz CT molecular complexity index is 1420. The number of β-amino-alcohol motifs (C(OH)–C–C–N with tert-alkyl or cyclic N) is 1. The van der Waals surface area contributed by atoms with Crippen molar-refractivity contribution in [3.63, 3.8) is 0 Å². The van der Waals surface area contributed by atoms with Gasteiger partial charge in [0, 0.05) is 18.3 Å². The number of hydrogen-bond donors (Lipinski definition) is 3. The van der Waals surface area contributed by atoms with Gasteiger partial charge in [-0.2, -0.15) is 5.26 Å². The monoisotopic (exact) mass is 505 g/mol. The molecule has 2 atom stereocenters. The van der Waals surface area contributed by atoms with Crippen LogP contribution in [0.3, 0.4) is 0 Å². The number of imidazole rings is 1. The Balaban J connectivity index is 1.56. The smallest absolute Gasteiger partial charge is 0.267 e. The van der Waals surface area contributed by atoms with Crippen molar-refractivity contribution in [1.29, 1.82) is 5.26 Å². The van der Waals surface area contributed by atoms with Crippen molar-refractivity contribution in [2.24, 2.45) is 0 Å². The summed E-state index contributed by atoms with van der Waals surface area (Å²) in [5, 5.41) is 26.6. The first-order chi connectivity index (χ1) is 17.6. The number of aliphatic hydroxyl groups is 1. The predicted molar refractivity (Wildman–Crippen MR) is 137 cm³/mol. The second-order valence-corrected chi connectivity index (χ2v) is 9.85. The molecular formula is C27H29F2N7O. The Morgan fingerprint density at radius 1 is 1.08 bits per heavy atom. The van der Waals surface area contributed by atoms with Gasteiger partial charge in [-0.15, -0.1) is 0 Å². The molecule has 1 aromatic carbocycles. The van der Waals surface area contributed by atoms with E-state index >= 15 is 0 Å². The van der Waals surface area contributed by atoms with Crippen molar-refractivity contribution in [2.75, 3.05) is 11.9 Å². The lowest BCUT2D eigenvalue weighted by Gasteiger charge is -2.23. The number of nitrogens with one attached hydrogen (secondary N) is 2. The lowest BCUT2D eigenvalue weighted by Crippen LogP contribution is -2.38. The highest BCUT2D eigenvalue weighted by Gasteiger charge is 2.20. The number of nitriles is 1. The fourth-order valence-corrected chi connectivity index (χ4v) is 3.91. The Hall–Kier alpha value is -3.94. The van der Waals surface area contributed by atoms with E-state index in [4.69, 9.17) is 0 Å². The summed E-state index contributed by atoms with van der Waals surface area (Å²) in [6.45, 7) is 8.52. The number of aliphatic hydroxyl groups excluding tert-OH is 1. The van der Waals surface area contributed by atoms with Gasteiger partial charge in [0.2, 0.25) is 5.95 Å². The van der Waals surface area contributed by atoms with Crippen molar-refractivity contribution in [3.05, 3.63) is 77.2 Å². The molecule has 0 aliphatic heterocycles. The highest BCUT2D eigenvalue weighted by Crippen LogP contribution is 2.29. The summed E-state index contributed by atoms with van der Waals surface area (Å²) in [5.41, 5.74) is 2.48. The van der Waals surface area contributed by atoms with Crippen LogP contribution < -0.4 is 10.6 Å². The number of hydrogen-bond acceptors (Lipinski definition) is 7. The minimum atomic E-state index is -2.68. The maximum absolute atomic E-state index is 13.4. The molecule has 3 heterocycles. The van der Waals surface area contributed by atoms with Gasteiger partial charge < -0.3 is 15.7 Å². The number of rotatable bonds is 8. The summed E-state index contributed by atoms with van der Waals surface area (Å²) in [5.74, 6) is 0.278. The van der Waals surface area contributed by atoms with E-state index in [9.17, 15) is 19.1 Å². The van der Waals surface area contributed by atoms with E-state index in [0.717, 1.165) is 11.1 Å². The molecule has 10 heteroatoms. The van der Waals surface area contributed by atoms with Gasteiger partial charge in [0.1, 0.15) is 17.4 Å². The Kier molecular flexibility index (Phi) is 7.47. The van der Waals surface area contributed by atoms with E-state index in [-0.39, 0.29) is 40.0 Å². The number of halogens is 2. The number of alkyl halides is 2. The third-order valence-electron chi connectivity index (χ3n) is 5.95. The average molecular weight is 506 g/mol. The van der Waals surface area contributed by atoms with E-state index in [0.29, 0.717) is 12.2 Å². The zero-order valence-electron chi connectivity index (χ0n) is 21.1. The molecular weight excluding hydrogens is 476 g/mol. The van der Waals surface area contributed by atoms with Crippen LogP contribution in [0.1, 0.15) is 68.5 Å². The van der Waals surface area contributed by atoms with E-state index < -0.39 is 12.5 Å². The van der Waals surface area contributed by atoms with Crippen molar-refractivity contribution in [2.45, 2.75) is 51.8 Å². The molecule has 192 valence electrons. The van der Waals surface area contributed by atoms with Crippen LogP contribution in [0.25, 0.3) is 17.0 Å². The molecule has 4 rings (SSSR count). The Morgan fingerprint density at radius 2 is 1.78 bits per heavy atom. The van der Waals surface area contributed by atoms with Crippen molar-refractivity contribution < 1.29 is 13.9 Å². The molecule has 8 nitrogen and oxygen atoms in total. The number of nitrogens with zero attached hydrogens (tertiary/aromatic N) is 5. The second-order valence-electron chi connectivity index (χ2n) is 9.85. The van der Waals surface area contributed by atoms with Crippen LogP contribution in [-0.4, -0.2) is 36.5 Å². The first kappa shape index (κ1) is 26.1. The molecule has 0 aliphatic carbocycles. The lowest BCUT2D eigenvalue weighted by molar-refractivity contribution is 0.152. The van der Waals surface area contributed by atoms with E-state index in [1.165, 1.54) is 28.9 Å². The number of fused-ring (bicyclic) bond motifs is 1. The SMILES string of the molecule is C[C@H](Nc1ncc(C#N)c(-c2cnc3c(C(F)F)cccn23)n1)c1ccc([C@H](O)CNC(C)(C)C)cc1. The van der Waals surface area contributed by atoms with Crippen molar-refractivity contribution in [1.82, 2.24) is 24.7 Å². The normalized spacial score (nSPS) is 13.5. The maximum Gasteiger partial charge on any atom is 0.267 e. The summed E-state index contributed by atoms with van der Waals surface area (Å²) in [6, 6.07) is 12.3. The van der Waals surface area contributed by atoms with Gasteiger partial charge in [-0.05, 0) is 51.0 Å². The van der Waals surface area contributed by atoms with Crippen LogP contribution in [0, 0.1) is 11.3 Å². The van der Waals surface area contributed by atoms with Gasteiger partial charge >= 0.3 is 0 Å². The molecule has 0 radical (unpaired) electrons. The molecule has 0 bridgehead atoms. The van der Waals surface area contributed by atoms with E-state index in [2.05, 4.69) is 31.7 Å². The highest BCUT2D eigenvalue weighted by molar-refractivity contribution is 5.68. The second kappa shape index (κ2) is 10.6. The van der Waals surface area contributed by atoms with Gasteiger partial charge in [0.15, 0.2) is 0 Å². The zero-order chi connectivity index (χ0) is 26.7. The minimum absolute atomic E-state index is 0.0896. The van der Waals surface area contributed by atoms with Crippen molar-refractivity contribution >= 4 is 11.6 Å². The molecule has 0 saturated carbocycles. The Morgan fingerprint density at radius 3 is 2.43 bits per heavy atom. The summed E-state index contributed by atoms with van der Waals surface area (Å²) < 4.78 is 28.3. The molecule has 0 spiro atoms. The molecule has 0 saturated heterocycles. The summed E-state index contributed by atoms with van der Waals surface area (Å²) >= 11 is 0. The molecule has 3 aromatic heterocycles. The molecule has 0 unspecified atom stereocenters. The molecule has 4 aromatic rings. The number of aromatic nitrogens is 4. The average Bonchev–Trinajstić information content (AvgIpc) is 3.31. The number of anilines is 1. The third kappa shape index (κ3) is 5.90. The predicted octanol–water partition coefficient (Wildman–Crippen LogP) is 5.20. The van der Waals surface area contributed by atoms with E-state index in [1.807, 2.05) is 52.0 Å². The van der Waals surface area contributed by atoms with Gasteiger partial charge in [-0.3, -0.25) is 4.40 Å². The van der Waals surface area contributed by atoms with Crippen LogP contribution in [0.4, 0.5) is 14.7 Å². The van der Waals surface area contributed by atoms with Crippen molar-refractivity contribution in [3.8, 4) is 17.5 Å². The molecule has 0 fully saturated rings. The van der Waals surface area contributed by atoms with Crippen LogP contribution in [-0.2, 0) is 0 Å². The first-order valence-corrected chi connectivity index (χ1v) is 11.9. The summed E-state index contributed by atoms with van der Waals surface area (Å²) in [7, 11) is 0. The van der Waals surface area contributed by atoms with Crippen LogP contribution >= 0.6 is 0 Å². The lowest BCUT2D eigenvalue weighted by atomic mass is 10.0. The van der Waals surface area contributed by atoms with Crippen LogP contribution in [0.5, 0.6) is 0 Å². The Labute approximate surface area is 214 Å². The van der Waals surface area contributed by atoms with Crippen LogP contribution in [0.2, 0.25) is 0 Å². The standard InChI is InChI=1S/C27H29F2N7O/c1-16(17-7-9-18(10-8-17)22(37)15-33-27(2,3)4)34-26-32-13-19(12-30)23(35-26)21-14-31-25-20(24(28)29)6-5-11-36(21)25/h5-11,13-14,16,22,24,33,37H,15H2,1-4H3,(H,32,34,35)/t16-,22+/m0/s1. The molecule has 37 heavy (non-hydrogen) atoms. The maximum atomic E-state index is 13.4. The topological polar surface area (TPSA) is 111 Å². The fraction of sp³-hybridized carbons (Fsp3) is 0.333. The first-order valence-electron chi connectivity index (χ1n) is 11.9. The zero-order valence-corrected chi connectivity index (χ0v) is 21.1. The molecule has 0 amide bonds. The molecule has 0 aliphatic rings. The van der Waals surface area contributed by atoms with Gasteiger partial charge in [0.05, 0.1) is 41.4 Å². The summed E-state index contributed by atoms with van der Waals surface area (Å²) in [6.07, 6.45) is 1.12. The van der Waals surface area contributed by atoms with E-state index in [1.54, 1.807) is 6.20 Å². The quantitative estimate of drug-likeness (QED) is 0.302. The largest absolute Gasteiger partial charge is 0.387 e. The molecule has 3 N–H and O–H groups in total. The van der Waals surface area contributed by atoms with Gasteiger partial charge in [-0.1, -0.05) is 24.3 Å². The van der Waals surface area contributed by atoms with Crippen LogP contribution in [0.15, 0.2) is 55.0 Å². The number of benzene rings is 1. The number of pyridine rings is 1. The fourth-order valence-electron chi connectivity index (χ4n) is 3.91. The summed E-state index contributed by atoms with van der Waals surface area (Å²) in [4.78, 5) is 12.9. The van der Waals surface area contributed by atoms with Gasteiger partial charge in [0.25, 0.3) is 6.43 Å². The highest BCUT2D eigenvalue weighted by atomic mass is 19.3. The third-order valence-corrected chi connectivity index (χ3v) is 5.95. The van der Waals surface area contributed by atoms with Gasteiger partial charge in [-0.25, -0.2) is 23.7 Å². The minimum Gasteiger partial charge on any atom is -0.387 e.